The van der Waals surface area contributed by atoms with Crippen LogP contribution in [0.3, 0.4) is 0 Å². The lowest BCUT2D eigenvalue weighted by Crippen LogP contribution is -2.38. The van der Waals surface area contributed by atoms with E-state index in [4.69, 9.17) is 9.47 Å². The molecular weight excluding hydrogens is 296 g/mol. The maximum atomic E-state index is 11.7. The highest BCUT2D eigenvalue weighted by atomic mass is 16.6. The lowest BCUT2D eigenvalue weighted by atomic mass is 10.2. The SMILES string of the molecule is CCOC(=O)c1cccc(NC(C)CNC(=O)OC(C)(C)C)c1. The van der Waals surface area contributed by atoms with E-state index in [1.807, 2.05) is 33.8 Å². The Morgan fingerprint density at radius 3 is 2.57 bits per heavy atom. The van der Waals surface area contributed by atoms with Crippen LogP contribution in [0.4, 0.5) is 10.5 Å². The van der Waals surface area contributed by atoms with Gasteiger partial charge in [-0.2, -0.15) is 0 Å². The minimum Gasteiger partial charge on any atom is -0.462 e. The van der Waals surface area contributed by atoms with Gasteiger partial charge < -0.3 is 20.1 Å². The Hall–Kier alpha value is -2.24. The van der Waals surface area contributed by atoms with Crippen LogP contribution in [0.2, 0.25) is 0 Å². The van der Waals surface area contributed by atoms with Crippen molar-refractivity contribution in [2.24, 2.45) is 0 Å². The largest absolute Gasteiger partial charge is 0.462 e. The fourth-order valence-electron chi connectivity index (χ4n) is 1.84. The van der Waals surface area contributed by atoms with Gasteiger partial charge in [-0.15, -0.1) is 0 Å². The third-order valence-corrected chi connectivity index (χ3v) is 2.74. The Morgan fingerprint density at radius 2 is 1.96 bits per heavy atom. The molecule has 23 heavy (non-hydrogen) atoms. The van der Waals surface area contributed by atoms with Crippen LogP contribution >= 0.6 is 0 Å². The molecule has 6 nitrogen and oxygen atoms in total. The summed E-state index contributed by atoms with van der Waals surface area (Å²) in [5, 5.41) is 5.92. The van der Waals surface area contributed by atoms with Crippen LogP contribution in [-0.4, -0.2) is 36.9 Å². The summed E-state index contributed by atoms with van der Waals surface area (Å²) in [7, 11) is 0. The molecule has 0 aliphatic rings. The number of carbonyl (C=O) groups is 2. The van der Waals surface area contributed by atoms with Crippen LogP contribution in [0, 0.1) is 0 Å². The Kier molecular flexibility index (Phi) is 6.88. The Bertz CT molecular complexity index is 538. The lowest BCUT2D eigenvalue weighted by Gasteiger charge is -2.21. The van der Waals surface area contributed by atoms with Gasteiger partial charge in [0.1, 0.15) is 5.60 Å². The molecule has 0 saturated carbocycles. The Morgan fingerprint density at radius 1 is 1.26 bits per heavy atom. The normalized spacial score (nSPS) is 12.2. The molecule has 1 amide bonds. The second kappa shape index (κ2) is 8.41. The fourth-order valence-corrected chi connectivity index (χ4v) is 1.84. The molecule has 1 atom stereocenters. The number of rotatable bonds is 6. The molecule has 1 rings (SSSR count). The smallest absolute Gasteiger partial charge is 0.407 e. The molecule has 0 aliphatic carbocycles. The van der Waals surface area contributed by atoms with Crippen molar-refractivity contribution in [3.8, 4) is 0 Å². The number of anilines is 1. The summed E-state index contributed by atoms with van der Waals surface area (Å²) in [4.78, 5) is 23.3. The van der Waals surface area contributed by atoms with E-state index in [2.05, 4.69) is 10.6 Å². The Labute approximate surface area is 137 Å². The molecule has 6 heteroatoms. The molecule has 0 radical (unpaired) electrons. The van der Waals surface area contributed by atoms with Crippen LogP contribution in [0.1, 0.15) is 45.0 Å². The third kappa shape index (κ3) is 7.54. The average molecular weight is 322 g/mol. The van der Waals surface area contributed by atoms with Crippen molar-refractivity contribution in [2.75, 3.05) is 18.5 Å². The molecule has 0 bridgehead atoms. The first-order valence-corrected chi connectivity index (χ1v) is 7.72. The van der Waals surface area contributed by atoms with Gasteiger partial charge in [-0.05, 0) is 52.8 Å². The summed E-state index contributed by atoms with van der Waals surface area (Å²) in [6.07, 6.45) is -0.452. The highest BCUT2D eigenvalue weighted by Gasteiger charge is 2.16. The summed E-state index contributed by atoms with van der Waals surface area (Å²) in [6.45, 7) is 9.88. The topological polar surface area (TPSA) is 76.7 Å². The van der Waals surface area contributed by atoms with Crippen molar-refractivity contribution in [3.63, 3.8) is 0 Å². The predicted molar refractivity (Wildman–Crippen MR) is 89.7 cm³/mol. The molecule has 1 unspecified atom stereocenters. The summed E-state index contributed by atoms with van der Waals surface area (Å²) < 4.78 is 10.1. The van der Waals surface area contributed by atoms with Gasteiger partial charge in [0.2, 0.25) is 0 Å². The van der Waals surface area contributed by atoms with E-state index in [-0.39, 0.29) is 12.0 Å². The standard InChI is InChI=1S/C17H26N2O4/c1-6-22-15(20)13-8-7-9-14(10-13)19-12(2)11-18-16(21)23-17(3,4)5/h7-10,12,19H,6,11H2,1-5H3,(H,18,21). The minimum absolute atomic E-state index is 0.0278. The van der Waals surface area contributed by atoms with E-state index < -0.39 is 11.7 Å². The van der Waals surface area contributed by atoms with E-state index >= 15 is 0 Å². The highest BCUT2D eigenvalue weighted by Crippen LogP contribution is 2.13. The molecule has 0 spiro atoms. The van der Waals surface area contributed by atoms with E-state index in [0.29, 0.717) is 18.7 Å². The summed E-state index contributed by atoms with van der Waals surface area (Å²) in [5.41, 5.74) is 0.757. The van der Waals surface area contributed by atoms with Gasteiger partial charge in [0.25, 0.3) is 0 Å². The average Bonchev–Trinajstić information content (AvgIpc) is 2.44. The summed E-state index contributed by atoms with van der Waals surface area (Å²) in [6, 6.07) is 7.03. The van der Waals surface area contributed by atoms with Gasteiger partial charge in [0.05, 0.1) is 12.2 Å². The van der Waals surface area contributed by atoms with Crippen molar-refractivity contribution in [1.82, 2.24) is 5.32 Å². The number of ether oxygens (including phenoxy) is 2. The second-order valence-electron chi connectivity index (χ2n) is 6.23. The zero-order valence-electron chi connectivity index (χ0n) is 14.4. The molecule has 2 N–H and O–H groups in total. The second-order valence-corrected chi connectivity index (χ2v) is 6.23. The molecule has 0 fully saturated rings. The number of esters is 1. The van der Waals surface area contributed by atoms with Crippen molar-refractivity contribution < 1.29 is 19.1 Å². The van der Waals surface area contributed by atoms with E-state index in [0.717, 1.165) is 5.69 Å². The number of amides is 1. The molecule has 0 heterocycles. The molecule has 1 aromatic carbocycles. The van der Waals surface area contributed by atoms with Crippen LogP contribution < -0.4 is 10.6 Å². The number of alkyl carbamates (subject to hydrolysis) is 1. The van der Waals surface area contributed by atoms with E-state index in [9.17, 15) is 9.59 Å². The number of nitrogens with one attached hydrogen (secondary N) is 2. The number of benzene rings is 1. The Balaban J connectivity index is 2.51. The third-order valence-electron chi connectivity index (χ3n) is 2.74. The number of hydrogen-bond acceptors (Lipinski definition) is 5. The molecule has 0 saturated heterocycles. The number of hydrogen-bond donors (Lipinski definition) is 2. The van der Waals surface area contributed by atoms with Gasteiger partial charge in [0.15, 0.2) is 0 Å². The molecule has 128 valence electrons. The molecule has 1 aromatic rings. The molecule has 0 aliphatic heterocycles. The van der Waals surface area contributed by atoms with Crippen molar-refractivity contribution >= 4 is 17.7 Å². The van der Waals surface area contributed by atoms with Crippen LogP contribution in [0.15, 0.2) is 24.3 Å². The monoisotopic (exact) mass is 322 g/mol. The van der Waals surface area contributed by atoms with Gasteiger partial charge in [-0.1, -0.05) is 6.07 Å². The first-order valence-electron chi connectivity index (χ1n) is 7.72. The maximum Gasteiger partial charge on any atom is 0.407 e. The predicted octanol–water partition coefficient (Wildman–Crippen LogP) is 3.19. The van der Waals surface area contributed by atoms with E-state index in [1.165, 1.54) is 0 Å². The number of carbonyl (C=O) groups excluding carboxylic acids is 2. The maximum absolute atomic E-state index is 11.7. The van der Waals surface area contributed by atoms with E-state index in [1.54, 1.807) is 25.1 Å². The quantitative estimate of drug-likeness (QED) is 0.787. The van der Waals surface area contributed by atoms with Crippen molar-refractivity contribution in [1.29, 1.82) is 0 Å². The molecule has 0 aromatic heterocycles. The van der Waals surface area contributed by atoms with Gasteiger partial charge >= 0.3 is 12.1 Å². The zero-order chi connectivity index (χ0) is 17.5. The first-order chi connectivity index (χ1) is 10.7. The zero-order valence-corrected chi connectivity index (χ0v) is 14.4. The van der Waals surface area contributed by atoms with Gasteiger partial charge in [0, 0.05) is 18.3 Å². The van der Waals surface area contributed by atoms with Crippen LogP contribution in [0.5, 0.6) is 0 Å². The van der Waals surface area contributed by atoms with Crippen molar-refractivity contribution in [3.05, 3.63) is 29.8 Å². The van der Waals surface area contributed by atoms with Gasteiger partial charge in [-0.25, -0.2) is 9.59 Å². The minimum atomic E-state index is -0.519. The molecular formula is C17H26N2O4. The summed E-state index contributed by atoms with van der Waals surface area (Å²) in [5.74, 6) is -0.351. The fraction of sp³-hybridized carbons (Fsp3) is 0.529. The van der Waals surface area contributed by atoms with Crippen LogP contribution in [0.25, 0.3) is 0 Å². The highest BCUT2D eigenvalue weighted by molar-refractivity contribution is 5.90. The lowest BCUT2D eigenvalue weighted by molar-refractivity contribution is 0.0516. The first kappa shape index (κ1) is 18.8. The summed E-state index contributed by atoms with van der Waals surface area (Å²) >= 11 is 0. The van der Waals surface area contributed by atoms with Gasteiger partial charge in [-0.3, -0.25) is 0 Å². The van der Waals surface area contributed by atoms with Crippen molar-refractivity contribution in [2.45, 2.75) is 46.3 Å². The van der Waals surface area contributed by atoms with Crippen LogP contribution in [-0.2, 0) is 9.47 Å².